The van der Waals surface area contributed by atoms with Crippen LogP contribution in [0.2, 0.25) is 0 Å². The van der Waals surface area contributed by atoms with Crippen molar-refractivity contribution in [3.63, 3.8) is 0 Å². The van der Waals surface area contributed by atoms with Gasteiger partial charge in [-0.05, 0) is 12.8 Å². The Labute approximate surface area is 336 Å². The molecule has 0 aliphatic carbocycles. The summed E-state index contributed by atoms with van der Waals surface area (Å²) in [4.78, 5) is 42.4. The second kappa shape index (κ2) is 53.2. The first kappa shape index (κ1) is 56.8. The van der Waals surface area contributed by atoms with Gasteiger partial charge in [-0.25, -0.2) is 0 Å². The molecule has 0 aromatic rings. The second-order valence-corrected chi connectivity index (χ2v) is 13.0. The van der Waals surface area contributed by atoms with E-state index in [0.717, 1.165) is 25.7 Å². The first-order valence-electron chi connectivity index (χ1n) is 18.6. The predicted octanol–water partition coefficient (Wildman–Crippen LogP) is 10.0. The second-order valence-electron chi connectivity index (χ2n) is 12.5. The molecule has 0 unspecified atom stereocenters. The summed E-state index contributed by atoms with van der Waals surface area (Å²) in [6.07, 6.45) is 40.4. The van der Waals surface area contributed by atoms with E-state index < -0.39 is 20.5 Å². The number of unbranched alkanes of at least 4 members (excludes halogenated alkanes) is 28. The molecular weight excluding hydrogens is 823 g/mol. The van der Waals surface area contributed by atoms with Crippen LogP contribution in [-0.4, -0.2) is 102 Å². The number of aliphatic carboxylic acids is 2. The van der Waals surface area contributed by atoms with Crippen molar-refractivity contribution >= 4 is 85.6 Å². The van der Waals surface area contributed by atoms with Crippen LogP contribution in [0.15, 0.2) is 0 Å². The van der Waals surface area contributed by atoms with Crippen LogP contribution in [0.4, 0.5) is 0 Å². The molecule has 0 aliphatic rings. The van der Waals surface area contributed by atoms with Crippen LogP contribution in [0.1, 0.15) is 219 Å². The van der Waals surface area contributed by atoms with Crippen molar-refractivity contribution in [3.8, 4) is 0 Å². The van der Waals surface area contributed by atoms with Gasteiger partial charge in [0.2, 0.25) is 0 Å². The van der Waals surface area contributed by atoms with Gasteiger partial charge in [-0.3, -0.25) is 9.59 Å². The fraction of sp³-hybridized carbons (Fsp3) is 0.944. The standard InChI is InChI=1S/2C18H36O2.Ca.H3O3P.Pb.4H/c2*1-2-3-4-5-6-7-8-9-10-11-12-13-14-15-16-17-18(19)20;;1-4(2)3;;;;;/h2*2-17H2,1H3,(H,19,20);;1-3H;;;;;. The zero-order valence-electron chi connectivity index (χ0n) is 29.8. The van der Waals surface area contributed by atoms with Crippen molar-refractivity contribution in [2.75, 3.05) is 0 Å². The third kappa shape index (κ3) is 71.4. The van der Waals surface area contributed by atoms with E-state index >= 15 is 0 Å². The molecule has 0 bridgehead atoms. The number of hydrogen-bond acceptors (Lipinski definition) is 5. The van der Waals surface area contributed by atoms with Crippen LogP contribution < -0.4 is 0 Å². The summed E-state index contributed by atoms with van der Waals surface area (Å²) in [6.45, 7) is 4.54. The summed E-state index contributed by atoms with van der Waals surface area (Å²) in [7, 11) is -2.62. The first-order valence-corrected chi connectivity index (χ1v) is 19.8. The summed E-state index contributed by atoms with van der Waals surface area (Å²) in [5.41, 5.74) is 0. The Kier molecular flexibility index (Phi) is 65.7. The number of carboxylic acid groups (broad SMARTS) is 2. The van der Waals surface area contributed by atoms with E-state index in [0.29, 0.717) is 12.8 Å². The molecule has 10 heteroatoms. The van der Waals surface area contributed by atoms with E-state index in [1.165, 1.54) is 167 Å². The monoisotopic (exact) mass is 902 g/mol. The van der Waals surface area contributed by atoms with Gasteiger partial charge in [0.15, 0.2) is 0 Å². The molecule has 46 heavy (non-hydrogen) atoms. The van der Waals surface area contributed by atoms with Crippen LogP contribution in [0, 0.1) is 0 Å². The minimum absolute atomic E-state index is 0. The topological polar surface area (TPSA) is 135 Å². The molecule has 0 amide bonds. The van der Waals surface area contributed by atoms with Gasteiger partial charge in [-0.2, -0.15) is 0 Å². The van der Waals surface area contributed by atoms with Gasteiger partial charge < -0.3 is 24.9 Å². The van der Waals surface area contributed by atoms with Crippen molar-refractivity contribution in [1.82, 2.24) is 0 Å². The van der Waals surface area contributed by atoms with Crippen LogP contribution in [0.5, 0.6) is 0 Å². The minimum atomic E-state index is -2.62. The van der Waals surface area contributed by atoms with Crippen molar-refractivity contribution in [2.24, 2.45) is 0 Å². The molecule has 0 aromatic heterocycles. The van der Waals surface area contributed by atoms with E-state index in [2.05, 4.69) is 13.8 Å². The molecule has 2 radical (unpaired) electrons. The number of hydrogen-bond donors (Lipinski definition) is 5. The summed E-state index contributed by atoms with van der Waals surface area (Å²) in [6, 6.07) is 0. The Hall–Kier alpha value is 1.43. The molecule has 0 atom stereocenters. The molecule has 0 saturated heterocycles. The van der Waals surface area contributed by atoms with E-state index in [1.807, 2.05) is 0 Å². The number of carboxylic acids is 2. The molecule has 5 N–H and O–H groups in total. The molecule has 0 aromatic carbocycles. The maximum atomic E-state index is 10.3. The fourth-order valence-electron chi connectivity index (χ4n) is 5.30. The van der Waals surface area contributed by atoms with Crippen LogP contribution in [0.3, 0.4) is 0 Å². The van der Waals surface area contributed by atoms with E-state index in [4.69, 9.17) is 24.9 Å². The number of carbonyl (C=O) groups is 2. The first-order chi connectivity index (χ1) is 21.3. The average molecular weight is 902 g/mol. The summed E-state index contributed by atoms with van der Waals surface area (Å²) < 4.78 is 0. The molecule has 0 spiro atoms. The fourth-order valence-corrected chi connectivity index (χ4v) is 5.30. The van der Waals surface area contributed by atoms with Gasteiger partial charge in [-0.15, -0.1) is 0 Å². The maximum absolute atomic E-state index is 10.3. The summed E-state index contributed by atoms with van der Waals surface area (Å²) in [5, 5.41) is 17.0. The van der Waals surface area contributed by atoms with Gasteiger partial charge in [-0.1, -0.05) is 194 Å². The van der Waals surface area contributed by atoms with E-state index in [9.17, 15) is 9.59 Å². The van der Waals surface area contributed by atoms with Crippen LogP contribution >= 0.6 is 8.60 Å². The van der Waals surface area contributed by atoms with E-state index in [-0.39, 0.29) is 65.0 Å². The normalized spacial score (nSPS) is 10.2. The molecule has 0 saturated carbocycles. The quantitative estimate of drug-likeness (QED) is 0.0258. The summed E-state index contributed by atoms with van der Waals surface area (Å²) in [5.74, 6) is -1.31. The molecule has 0 fully saturated rings. The molecule has 7 nitrogen and oxygen atoms in total. The Bertz CT molecular complexity index is 514. The van der Waals surface area contributed by atoms with Crippen molar-refractivity contribution in [3.05, 3.63) is 0 Å². The van der Waals surface area contributed by atoms with E-state index in [1.54, 1.807) is 0 Å². The van der Waals surface area contributed by atoms with Crippen molar-refractivity contribution in [2.45, 2.75) is 219 Å². The number of rotatable bonds is 32. The molecule has 0 aliphatic heterocycles. The van der Waals surface area contributed by atoms with Gasteiger partial charge >= 0.3 is 85.6 Å². The van der Waals surface area contributed by atoms with Crippen molar-refractivity contribution in [1.29, 1.82) is 0 Å². The van der Waals surface area contributed by atoms with Gasteiger partial charge in [0, 0.05) is 12.8 Å². The Morgan fingerprint density at radius 1 is 0.370 bits per heavy atom. The average Bonchev–Trinajstić information content (AvgIpc) is 2.97. The Balaban J connectivity index is -0.000000210. The van der Waals surface area contributed by atoms with Crippen molar-refractivity contribution < 1.29 is 34.5 Å². The Morgan fingerprint density at radius 2 is 0.500 bits per heavy atom. The van der Waals surface area contributed by atoms with Gasteiger partial charge in [0.1, 0.15) is 0 Å². The summed E-state index contributed by atoms with van der Waals surface area (Å²) >= 11 is 0. The predicted molar refractivity (Wildman–Crippen MR) is 205 cm³/mol. The molecule has 0 rings (SSSR count). The van der Waals surface area contributed by atoms with Gasteiger partial charge in [0.25, 0.3) is 0 Å². The Morgan fingerprint density at radius 3 is 0.630 bits per heavy atom. The van der Waals surface area contributed by atoms with Gasteiger partial charge in [0.05, 0.1) is 0 Å². The molecule has 276 valence electrons. The van der Waals surface area contributed by atoms with Crippen LogP contribution in [0.25, 0.3) is 0 Å². The zero-order chi connectivity index (χ0) is 33.4. The molecular formula is C36H79CaO7PPb. The third-order valence-electron chi connectivity index (χ3n) is 7.99. The SMILES string of the molecule is CCCCCCCCCCCCCCCCCC(=O)O.CCCCCCCCCCCCCCCCCC(=O)O.OP(O)O.[CaH2].[PbH2]. The third-order valence-corrected chi connectivity index (χ3v) is 7.99. The molecule has 0 heterocycles. The van der Waals surface area contributed by atoms with Crippen LogP contribution in [-0.2, 0) is 9.59 Å². The zero-order valence-corrected chi connectivity index (χ0v) is 36.2.